The van der Waals surface area contributed by atoms with Gasteiger partial charge in [-0.05, 0) is 11.5 Å². The molecule has 0 unspecified atom stereocenters. The van der Waals surface area contributed by atoms with Gasteiger partial charge in [0.25, 0.3) is 0 Å². The van der Waals surface area contributed by atoms with Gasteiger partial charge in [0.2, 0.25) is 0 Å². The first kappa shape index (κ1) is 12.7. The van der Waals surface area contributed by atoms with Gasteiger partial charge in [0.1, 0.15) is 5.75 Å². The first-order chi connectivity index (χ1) is 8.72. The number of rotatable bonds is 2. The molecule has 0 aliphatic rings. The van der Waals surface area contributed by atoms with Crippen molar-refractivity contribution in [1.29, 1.82) is 0 Å². The summed E-state index contributed by atoms with van der Waals surface area (Å²) in [5, 5.41) is 1.69. The van der Waals surface area contributed by atoms with Gasteiger partial charge in [-0.3, -0.25) is 0 Å². The summed E-state index contributed by atoms with van der Waals surface area (Å²) in [6.07, 6.45) is 0. The predicted octanol–water partition coefficient (Wildman–Crippen LogP) is 4.03. The van der Waals surface area contributed by atoms with E-state index in [1.165, 1.54) is 6.07 Å². The maximum absolute atomic E-state index is 12.3. The van der Waals surface area contributed by atoms with Crippen LogP contribution in [0.1, 0.15) is 5.56 Å². The highest BCUT2D eigenvalue weighted by Crippen LogP contribution is 2.28. The van der Waals surface area contributed by atoms with E-state index in [0.29, 0.717) is 5.56 Å². The van der Waals surface area contributed by atoms with Crippen LogP contribution in [0.5, 0.6) is 5.75 Å². The molecule has 0 aliphatic carbocycles. The predicted molar refractivity (Wildman–Crippen MR) is 68.2 cm³/mol. The monoisotopic (exact) mass is 266 g/mol. The Balaban J connectivity index is 2.63. The molecule has 2 aromatic carbocycles. The van der Waals surface area contributed by atoms with Crippen LogP contribution in [0.15, 0.2) is 36.4 Å². The second-order valence-corrected chi connectivity index (χ2v) is 3.74. The van der Waals surface area contributed by atoms with Gasteiger partial charge in [-0.15, -0.1) is 11.6 Å². The van der Waals surface area contributed by atoms with E-state index in [1.807, 2.05) is 24.3 Å². The number of hydrogen-bond donors (Lipinski definition) is 0. The molecule has 0 bridgehead atoms. The van der Waals surface area contributed by atoms with E-state index in [9.17, 15) is 8.78 Å². The molecule has 4 heteroatoms. The third kappa shape index (κ3) is 2.72. The zero-order valence-corrected chi connectivity index (χ0v) is 10.0. The van der Waals surface area contributed by atoms with Crippen molar-refractivity contribution in [3.8, 4) is 17.6 Å². The standard InChI is InChI=1S/C14H9ClF2O/c15-9-3-6-12-11-5-2-1-4-10(11)7-8-13(12)18-14(16)17/h1-2,4-5,7-8,14H,9H2. The lowest BCUT2D eigenvalue weighted by atomic mass is 10.0. The number of benzene rings is 2. The van der Waals surface area contributed by atoms with Crippen LogP contribution in [0.4, 0.5) is 8.78 Å². The molecular weight excluding hydrogens is 258 g/mol. The lowest BCUT2D eigenvalue weighted by Gasteiger charge is -2.09. The van der Waals surface area contributed by atoms with Gasteiger partial charge in [0, 0.05) is 5.39 Å². The molecule has 18 heavy (non-hydrogen) atoms. The number of hydrogen-bond acceptors (Lipinski definition) is 1. The van der Waals surface area contributed by atoms with E-state index in [-0.39, 0.29) is 11.6 Å². The molecule has 0 aliphatic heterocycles. The summed E-state index contributed by atoms with van der Waals surface area (Å²) >= 11 is 5.50. The zero-order chi connectivity index (χ0) is 13.0. The second kappa shape index (κ2) is 5.70. The Labute approximate surface area is 108 Å². The van der Waals surface area contributed by atoms with Crippen molar-refractivity contribution >= 4 is 22.4 Å². The molecule has 0 radical (unpaired) electrons. The fraction of sp³-hybridized carbons (Fsp3) is 0.143. The van der Waals surface area contributed by atoms with Gasteiger partial charge in [-0.1, -0.05) is 42.2 Å². The Morgan fingerprint density at radius 2 is 1.94 bits per heavy atom. The minimum absolute atomic E-state index is 0.0707. The minimum atomic E-state index is -2.87. The van der Waals surface area contributed by atoms with Crippen LogP contribution < -0.4 is 4.74 Å². The van der Waals surface area contributed by atoms with Crippen LogP contribution in [-0.2, 0) is 0 Å². The third-order valence-corrected chi connectivity index (χ3v) is 2.52. The Bertz CT molecular complexity index is 614. The summed E-state index contributed by atoms with van der Waals surface area (Å²) in [6.45, 7) is -2.87. The van der Waals surface area contributed by atoms with Crippen molar-refractivity contribution in [2.45, 2.75) is 6.61 Å². The van der Waals surface area contributed by atoms with Gasteiger partial charge < -0.3 is 4.74 Å². The van der Waals surface area contributed by atoms with Crippen molar-refractivity contribution in [3.05, 3.63) is 42.0 Å². The fourth-order valence-electron chi connectivity index (χ4n) is 1.70. The summed E-state index contributed by atoms with van der Waals surface area (Å²) in [6, 6.07) is 10.6. The van der Waals surface area contributed by atoms with Crippen LogP contribution in [-0.4, -0.2) is 12.5 Å². The van der Waals surface area contributed by atoms with Gasteiger partial charge in [-0.2, -0.15) is 8.78 Å². The lowest BCUT2D eigenvalue weighted by molar-refractivity contribution is -0.0499. The molecule has 0 N–H and O–H groups in total. The minimum Gasteiger partial charge on any atom is -0.433 e. The summed E-state index contributed by atoms with van der Waals surface area (Å²) in [5.74, 6) is 5.64. The molecule has 0 heterocycles. The highest BCUT2D eigenvalue weighted by Gasteiger charge is 2.11. The van der Waals surface area contributed by atoms with Crippen LogP contribution in [0, 0.1) is 11.8 Å². The third-order valence-electron chi connectivity index (χ3n) is 2.39. The molecular formula is C14H9ClF2O. The van der Waals surface area contributed by atoms with Gasteiger partial charge in [0.15, 0.2) is 0 Å². The van der Waals surface area contributed by atoms with Crippen molar-refractivity contribution in [2.75, 3.05) is 5.88 Å². The molecule has 0 fully saturated rings. The largest absolute Gasteiger partial charge is 0.433 e. The molecule has 0 spiro atoms. The summed E-state index contributed by atoms with van der Waals surface area (Å²) in [4.78, 5) is 0. The molecule has 92 valence electrons. The average Bonchev–Trinajstić information content (AvgIpc) is 2.37. The van der Waals surface area contributed by atoms with Gasteiger partial charge >= 0.3 is 6.61 Å². The number of ether oxygens (including phenoxy) is 1. The molecule has 2 rings (SSSR count). The van der Waals surface area contributed by atoms with Crippen LogP contribution >= 0.6 is 11.6 Å². The molecule has 0 saturated carbocycles. The van der Waals surface area contributed by atoms with Gasteiger partial charge in [0.05, 0.1) is 11.4 Å². The topological polar surface area (TPSA) is 9.23 Å². The first-order valence-corrected chi connectivity index (χ1v) is 5.77. The molecule has 0 saturated heterocycles. The Kier molecular flexibility index (Phi) is 4.01. The van der Waals surface area contributed by atoms with Crippen LogP contribution in [0.25, 0.3) is 10.8 Å². The van der Waals surface area contributed by atoms with Gasteiger partial charge in [-0.25, -0.2) is 0 Å². The quantitative estimate of drug-likeness (QED) is 0.589. The Morgan fingerprint density at radius 1 is 1.17 bits per heavy atom. The maximum Gasteiger partial charge on any atom is 0.387 e. The number of alkyl halides is 3. The second-order valence-electron chi connectivity index (χ2n) is 3.47. The van der Waals surface area contributed by atoms with E-state index in [0.717, 1.165) is 10.8 Å². The molecule has 2 aromatic rings. The summed E-state index contributed by atoms with van der Waals surface area (Å²) in [7, 11) is 0. The highest BCUT2D eigenvalue weighted by atomic mass is 35.5. The number of fused-ring (bicyclic) bond motifs is 1. The molecule has 0 aromatic heterocycles. The Morgan fingerprint density at radius 3 is 2.67 bits per heavy atom. The lowest BCUT2D eigenvalue weighted by Crippen LogP contribution is -2.03. The van der Waals surface area contributed by atoms with E-state index >= 15 is 0 Å². The van der Waals surface area contributed by atoms with E-state index in [1.54, 1.807) is 6.07 Å². The molecule has 0 amide bonds. The highest BCUT2D eigenvalue weighted by molar-refractivity contribution is 6.19. The van der Waals surface area contributed by atoms with Crippen LogP contribution in [0.3, 0.4) is 0 Å². The Hall–Kier alpha value is -1.79. The van der Waals surface area contributed by atoms with E-state index in [4.69, 9.17) is 11.6 Å². The van der Waals surface area contributed by atoms with Crippen molar-refractivity contribution < 1.29 is 13.5 Å². The normalized spacial score (nSPS) is 10.2. The number of halogens is 3. The van der Waals surface area contributed by atoms with Crippen molar-refractivity contribution in [2.24, 2.45) is 0 Å². The van der Waals surface area contributed by atoms with E-state index < -0.39 is 6.61 Å². The summed E-state index contributed by atoms with van der Waals surface area (Å²) in [5.41, 5.74) is 0.439. The van der Waals surface area contributed by atoms with Crippen molar-refractivity contribution in [3.63, 3.8) is 0 Å². The smallest absolute Gasteiger partial charge is 0.387 e. The van der Waals surface area contributed by atoms with Crippen molar-refractivity contribution in [1.82, 2.24) is 0 Å². The average molecular weight is 267 g/mol. The molecule has 1 nitrogen and oxygen atoms in total. The van der Waals surface area contributed by atoms with E-state index in [2.05, 4.69) is 16.6 Å². The van der Waals surface area contributed by atoms with Crippen LogP contribution in [0.2, 0.25) is 0 Å². The summed E-state index contributed by atoms with van der Waals surface area (Å²) < 4.78 is 29.1. The maximum atomic E-state index is 12.3. The fourth-order valence-corrected chi connectivity index (χ4v) is 1.76. The zero-order valence-electron chi connectivity index (χ0n) is 9.29. The first-order valence-electron chi connectivity index (χ1n) is 5.24. The SMILES string of the molecule is FC(F)Oc1ccc2ccccc2c1C#CCCl. The molecule has 0 atom stereocenters.